The van der Waals surface area contributed by atoms with Crippen molar-refractivity contribution in [2.75, 3.05) is 0 Å². The van der Waals surface area contributed by atoms with Crippen LogP contribution in [0.4, 0.5) is 0 Å². The summed E-state index contributed by atoms with van der Waals surface area (Å²) in [7, 11) is 0. The van der Waals surface area contributed by atoms with Gasteiger partial charge < -0.3 is 10.8 Å². The van der Waals surface area contributed by atoms with E-state index >= 15 is 0 Å². The maximum Gasteiger partial charge on any atom is 0.0754 e. The largest absolute Gasteiger partial charge is 0.391 e. The maximum absolute atomic E-state index is 9.82. The van der Waals surface area contributed by atoms with Gasteiger partial charge in [0.25, 0.3) is 0 Å². The molecule has 0 aliphatic carbocycles. The quantitative estimate of drug-likeness (QED) is 0.872. The molecular formula is C11H16BrNO. The monoisotopic (exact) mass is 257 g/mol. The summed E-state index contributed by atoms with van der Waals surface area (Å²) in [6, 6.07) is 7.86. The minimum Gasteiger partial charge on any atom is -0.391 e. The number of rotatable bonds is 3. The lowest BCUT2D eigenvalue weighted by molar-refractivity contribution is 0.104. The van der Waals surface area contributed by atoms with Crippen LogP contribution in [-0.4, -0.2) is 16.7 Å². The van der Waals surface area contributed by atoms with Crippen molar-refractivity contribution in [3.63, 3.8) is 0 Å². The number of benzene rings is 1. The van der Waals surface area contributed by atoms with Crippen molar-refractivity contribution in [2.45, 2.75) is 31.9 Å². The molecule has 1 aromatic carbocycles. The van der Waals surface area contributed by atoms with Gasteiger partial charge in [-0.2, -0.15) is 0 Å². The van der Waals surface area contributed by atoms with Gasteiger partial charge in [-0.1, -0.05) is 34.1 Å². The first-order valence-corrected chi connectivity index (χ1v) is 5.41. The normalized spacial score (nSPS) is 14.1. The first-order valence-electron chi connectivity index (χ1n) is 4.61. The van der Waals surface area contributed by atoms with E-state index in [2.05, 4.69) is 15.9 Å². The van der Waals surface area contributed by atoms with E-state index in [1.54, 1.807) is 0 Å². The molecule has 1 unspecified atom stereocenters. The van der Waals surface area contributed by atoms with Crippen molar-refractivity contribution in [2.24, 2.45) is 5.73 Å². The van der Waals surface area contributed by atoms with Gasteiger partial charge in [0.1, 0.15) is 0 Å². The molecule has 1 atom stereocenters. The smallest absolute Gasteiger partial charge is 0.0754 e. The summed E-state index contributed by atoms with van der Waals surface area (Å²) in [5.41, 5.74) is 6.33. The zero-order valence-corrected chi connectivity index (χ0v) is 10.1. The highest BCUT2D eigenvalue weighted by molar-refractivity contribution is 9.10. The third-order valence-electron chi connectivity index (χ3n) is 2.23. The lowest BCUT2D eigenvalue weighted by Crippen LogP contribution is -2.46. The Morgan fingerprint density at radius 1 is 1.43 bits per heavy atom. The molecule has 78 valence electrons. The van der Waals surface area contributed by atoms with Crippen LogP contribution in [0.2, 0.25) is 0 Å². The third kappa shape index (κ3) is 3.08. The summed E-state index contributed by atoms with van der Waals surface area (Å²) in [5, 5.41) is 9.82. The van der Waals surface area contributed by atoms with Crippen LogP contribution in [0.5, 0.6) is 0 Å². The van der Waals surface area contributed by atoms with Crippen molar-refractivity contribution in [3.05, 3.63) is 34.3 Å². The average molecular weight is 258 g/mol. The highest BCUT2D eigenvalue weighted by atomic mass is 79.9. The van der Waals surface area contributed by atoms with Crippen LogP contribution in [0.25, 0.3) is 0 Å². The van der Waals surface area contributed by atoms with Gasteiger partial charge in [0.05, 0.1) is 6.10 Å². The fourth-order valence-corrected chi connectivity index (χ4v) is 1.58. The maximum atomic E-state index is 9.82. The van der Waals surface area contributed by atoms with Crippen LogP contribution in [0.15, 0.2) is 28.7 Å². The summed E-state index contributed by atoms with van der Waals surface area (Å²) < 4.78 is 1.02. The second-order valence-electron chi connectivity index (χ2n) is 4.13. The molecule has 0 fully saturated rings. The first kappa shape index (κ1) is 11.7. The summed E-state index contributed by atoms with van der Waals surface area (Å²) in [6.45, 7) is 3.66. The minimum absolute atomic E-state index is 0.527. The highest BCUT2D eigenvalue weighted by Gasteiger charge is 2.23. The average Bonchev–Trinajstić information content (AvgIpc) is 2.07. The molecule has 1 rings (SSSR count). The molecule has 0 heterocycles. The number of hydrogen-bond donors (Lipinski definition) is 2. The summed E-state index contributed by atoms with van der Waals surface area (Å²) in [4.78, 5) is 0. The zero-order valence-electron chi connectivity index (χ0n) is 8.50. The van der Waals surface area contributed by atoms with Crippen molar-refractivity contribution >= 4 is 15.9 Å². The van der Waals surface area contributed by atoms with Gasteiger partial charge in [-0.05, 0) is 25.5 Å². The van der Waals surface area contributed by atoms with Gasteiger partial charge in [0.15, 0.2) is 0 Å². The molecular weight excluding hydrogens is 242 g/mol. The Bertz CT molecular complexity index is 306. The molecule has 3 N–H and O–H groups in total. The van der Waals surface area contributed by atoms with Crippen molar-refractivity contribution in [1.29, 1.82) is 0 Å². The molecule has 0 aliphatic heterocycles. The molecule has 0 saturated carbocycles. The predicted molar refractivity (Wildman–Crippen MR) is 62.1 cm³/mol. The highest BCUT2D eigenvalue weighted by Crippen LogP contribution is 2.20. The van der Waals surface area contributed by atoms with Gasteiger partial charge in [-0.25, -0.2) is 0 Å². The summed E-state index contributed by atoms with van der Waals surface area (Å²) in [5.74, 6) is 0. The lowest BCUT2D eigenvalue weighted by atomic mass is 9.93. The van der Waals surface area contributed by atoms with Gasteiger partial charge in [0.2, 0.25) is 0 Å². The zero-order chi connectivity index (χ0) is 10.8. The molecule has 0 aromatic heterocycles. The molecule has 0 amide bonds. The number of aliphatic hydroxyl groups excluding tert-OH is 1. The molecule has 0 aliphatic rings. The van der Waals surface area contributed by atoms with E-state index in [0.717, 1.165) is 10.0 Å². The SMILES string of the molecule is CC(C)(N)C(O)Cc1ccccc1Br. The van der Waals surface area contributed by atoms with E-state index in [1.165, 1.54) is 0 Å². The van der Waals surface area contributed by atoms with Gasteiger partial charge >= 0.3 is 0 Å². The van der Waals surface area contributed by atoms with Crippen LogP contribution >= 0.6 is 15.9 Å². The van der Waals surface area contributed by atoms with Crippen LogP contribution < -0.4 is 5.73 Å². The fraction of sp³-hybridized carbons (Fsp3) is 0.455. The van der Waals surface area contributed by atoms with Crippen LogP contribution in [-0.2, 0) is 6.42 Å². The topological polar surface area (TPSA) is 46.2 Å². The van der Waals surface area contributed by atoms with Crippen LogP contribution in [0.3, 0.4) is 0 Å². The van der Waals surface area contributed by atoms with E-state index in [-0.39, 0.29) is 0 Å². The number of hydrogen-bond acceptors (Lipinski definition) is 2. The third-order valence-corrected chi connectivity index (χ3v) is 3.00. The summed E-state index contributed by atoms with van der Waals surface area (Å²) >= 11 is 3.44. The molecule has 0 bridgehead atoms. The molecule has 0 radical (unpaired) electrons. The second kappa shape index (κ2) is 4.43. The van der Waals surface area contributed by atoms with Crippen LogP contribution in [0, 0.1) is 0 Å². The van der Waals surface area contributed by atoms with E-state index < -0.39 is 11.6 Å². The number of nitrogens with two attached hydrogens (primary N) is 1. The van der Waals surface area contributed by atoms with E-state index in [4.69, 9.17) is 5.73 Å². The molecule has 0 saturated heterocycles. The van der Waals surface area contributed by atoms with Gasteiger partial charge in [-0.3, -0.25) is 0 Å². The van der Waals surface area contributed by atoms with Crippen LogP contribution in [0.1, 0.15) is 19.4 Å². The van der Waals surface area contributed by atoms with E-state index in [0.29, 0.717) is 6.42 Å². The van der Waals surface area contributed by atoms with E-state index in [9.17, 15) is 5.11 Å². The Hall–Kier alpha value is -0.380. The van der Waals surface area contributed by atoms with Gasteiger partial charge in [0, 0.05) is 16.4 Å². The van der Waals surface area contributed by atoms with Crippen molar-refractivity contribution < 1.29 is 5.11 Å². The Balaban J connectivity index is 2.75. The van der Waals surface area contributed by atoms with Crippen molar-refractivity contribution in [1.82, 2.24) is 0 Å². The Kier molecular flexibility index (Phi) is 3.70. The Morgan fingerprint density at radius 2 is 2.00 bits per heavy atom. The summed E-state index contributed by atoms with van der Waals surface area (Å²) in [6.07, 6.45) is 0.0477. The number of aliphatic hydroxyl groups is 1. The molecule has 0 spiro atoms. The minimum atomic E-state index is -0.560. The number of halogens is 1. The molecule has 14 heavy (non-hydrogen) atoms. The Morgan fingerprint density at radius 3 is 2.50 bits per heavy atom. The van der Waals surface area contributed by atoms with Gasteiger partial charge in [-0.15, -0.1) is 0 Å². The fourth-order valence-electron chi connectivity index (χ4n) is 1.14. The standard InChI is InChI=1S/C11H16BrNO/c1-11(2,13)10(14)7-8-5-3-4-6-9(8)12/h3-6,10,14H,7,13H2,1-2H3. The van der Waals surface area contributed by atoms with Crippen molar-refractivity contribution in [3.8, 4) is 0 Å². The molecule has 2 nitrogen and oxygen atoms in total. The predicted octanol–water partition coefficient (Wildman–Crippen LogP) is 2.09. The van der Waals surface area contributed by atoms with E-state index in [1.807, 2.05) is 38.1 Å². The molecule has 1 aromatic rings. The first-order chi connectivity index (χ1) is 6.41. The lowest BCUT2D eigenvalue weighted by Gasteiger charge is -2.26. The Labute approximate surface area is 93.3 Å². The molecule has 3 heteroatoms. The second-order valence-corrected chi connectivity index (χ2v) is 4.99.